The molecule has 0 N–H and O–H groups in total. The van der Waals surface area contributed by atoms with Crippen molar-refractivity contribution < 1.29 is 14.1 Å². The molecule has 1 saturated heterocycles. The minimum atomic E-state index is 0.0711. The molecule has 1 aliphatic rings. The number of carbonyl (C=O) groups is 1. The van der Waals surface area contributed by atoms with Crippen molar-refractivity contribution in [1.82, 2.24) is 15.0 Å². The molecular weight excluding hydrogens is 402 g/mol. The van der Waals surface area contributed by atoms with E-state index in [0.29, 0.717) is 12.2 Å². The third-order valence-corrected chi connectivity index (χ3v) is 5.80. The van der Waals surface area contributed by atoms with Crippen LogP contribution in [0.5, 0.6) is 5.75 Å². The zero-order valence-corrected chi connectivity index (χ0v) is 18.7. The topological polar surface area (TPSA) is 58.8 Å². The summed E-state index contributed by atoms with van der Waals surface area (Å²) >= 11 is 0. The zero-order valence-electron chi connectivity index (χ0n) is 18.7. The minimum Gasteiger partial charge on any atom is -0.489 e. The lowest BCUT2D eigenvalue weighted by Crippen LogP contribution is -2.48. The van der Waals surface area contributed by atoms with Crippen LogP contribution < -0.4 is 4.74 Å². The molecule has 0 radical (unpaired) electrons. The molecule has 1 amide bonds. The molecular formula is C26H29N3O3. The lowest BCUT2D eigenvalue weighted by atomic mass is 10.1. The monoisotopic (exact) mass is 431 g/mol. The molecule has 0 spiro atoms. The number of hydrogen-bond acceptors (Lipinski definition) is 5. The molecule has 6 heteroatoms. The SMILES string of the molecule is Cc1noc(C)c1COc1ccc(C(=O)N2CCN(C/C=C/c3ccccc3)CC2)cc1. The van der Waals surface area contributed by atoms with E-state index in [1.165, 1.54) is 5.56 Å². The first-order valence-electron chi connectivity index (χ1n) is 11.0. The van der Waals surface area contributed by atoms with E-state index in [2.05, 4.69) is 34.3 Å². The average Bonchev–Trinajstić information content (AvgIpc) is 3.16. The maximum atomic E-state index is 12.9. The summed E-state index contributed by atoms with van der Waals surface area (Å²) in [5.74, 6) is 1.56. The number of hydrogen-bond donors (Lipinski definition) is 0. The third kappa shape index (κ3) is 5.45. The van der Waals surface area contributed by atoms with E-state index in [1.807, 2.05) is 61.2 Å². The first kappa shape index (κ1) is 21.8. The van der Waals surface area contributed by atoms with E-state index in [1.54, 1.807) is 0 Å². The number of aryl methyl sites for hydroxylation is 2. The fourth-order valence-electron chi connectivity index (χ4n) is 3.78. The van der Waals surface area contributed by atoms with Crippen molar-refractivity contribution >= 4 is 12.0 Å². The van der Waals surface area contributed by atoms with E-state index in [4.69, 9.17) is 9.26 Å². The molecule has 0 atom stereocenters. The number of ether oxygens (including phenoxy) is 1. The molecule has 0 aliphatic carbocycles. The maximum Gasteiger partial charge on any atom is 0.253 e. The van der Waals surface area contributed by atoms with Crippen molar-refractivity contribution in [2.75, 3.05) is 32.7 Å². The summed E-state index contributed by atoms with van der Waals surface area (Å²) in [6.45, 7) is 8.30. The van der Waals surface area contributed by atoms with Crippen LogP contribution in [0.4, 0.5) is 0 Å². The first-order valence-corrected chi connectivity index (χ1v) is 11.0. The molecule has 1 aromatic heterocycles. The highest BCUT2D eigenvalue weighted by Crippen LogP contribution is 2.19. The van der Waals surface area contributed by atoms with Gasteiger partial charge in [0.25, 0.3) is 5.91 Å². The van der Waals surface area contributed by atoms with E-state index in [-0.39, 0.29) is 5.91 Å². The molecule has 1 aliphatic heterocycles. The minimum absolute atomic E-state index is 0.0711. The highest BCUT2D eigenvalue weighted by Gasteiger charge is 2.21. The van der Waals surface area contributed by atoms with Crippen molar-refractivity contribution in [1.29, 1.82) is 0 Å². The summed E-state index contributed by atoms with van der Waals surface area (Å²) in [7, 11) is 0. The van der Waals surface area contributed by atoms with Crippen LogP contribution in [-0.4, -0.2) is 53.6 Å². The zero-order chi connectivity index (χ0) is 22.3. The van der Waals surface area contributed by atoms with Crippen LogP contribution >= 0.6 is 0 Å². The van der Waals surface area contributed by atoms with Crippen LogP contribution in [0.15, 0.2) is 65.2 Å². The number of nitrogens with zero attached hydrogens (tertiary/aromatic N) is 3. The van der Waals surface area contributed by atoms with Crippen molar-refractivity contribution in [2.45, 2.75) is 20.5 Å². The predicted molar refractivity (Wildman–Crippen MR) is 125 cm³/mol. The molecule has 32 heavy (non-hydrogen) atoms. The highest BCUT2D eigenvalue weighted by atomic mass is 16.5. The van der Waals surface area contributed by atoms with Crippen LogP contribution in [0.25, 0.3) is 6.08 Å². The van der Waals surface area contributed by atoms with Crippen LogP contribution in [0.2, 0.25) is 0 Å². The predicted octanol–water partition coefficient (Wildman–Crippen LogP) is 4.34. The lowest BCUT2D eigenvalue weighted by molar-refractivity contribution is 0.0650. The molecule has 2 aromatic carbocycles. The number of rotatable bonds is 7. The molecule has 1 fully saturated rings. The van der Waals surface area contributed by atoms with Gasteiger partial charge in [-0.1, -0.05) is 47.6 Å². The number of piperazine rings is 1. The Kier molecular flexibility index (Phi) is 7.02. The second-order valence-corrected chi connectivity index (χ2v) is 8.02. The Hall–Kier alpha value is -3.38. The van der Waals surface area contributed by atoms with Crippen LogP contribution in [-0.2, 0) is 6.61 Å². The normalized spacial score (nSPS) is 14.8. The van der Waals surface area contributed by atoms with Gasteiger partial charge in [0.1, 0.15) is 18.1 Å². The Balaban J connectivity index is 1.24. The summed E-state index contributed by atoms with van der Waals surface area (Å²) in [6.07, 6.45) is 4.33. The van der Waals surface area contributed by atoms with E-state index in [9.17, 15) is 4.79 Å². The van der Waals surface area contributed by atoms with Gasteiger partial charge >= 0.3 is 0 Å². The van der Waals surface area contributed by atoms with Gasteiger partial charge in [0.2, 0.25) is 0 Å². The third-order valence-electron chi connectivity index (χ3n) is 5.80. The molecule has 3 aromatic rings. The van der Waals surface area contributed by atoms with Gasteiger partial charge in [-0.3, -0.25) is 9.69 Å². The van der Waals surface area contributed by atoms with Gasteiger partial charge in [0, 0.05) is 38.3 Å². The Bertz CT molecular complexity index is 1030. The van der Waals surface area contributed by atoms with Gasteiger partial charge in [-0.15, -0.1) is 0 Å². The quantitative estimate of drug-likeness (QED) is 0.557. The van der Waals surface area contributed by atoms with Crippen LogP contribution in [0.1, 0.15) is 32.9 Å². The number of benzene rings is 2. The Labute approximate surface area is 189 Å². The molecule has 0 saturated carbocycles. The maximum absolute atomic E-state index is 12.9. The molecule has 0 bridgehead atoms. The largest absolute Gasteiger partial charge is 0.489 e. The van der Waals surface area contributed by atoms with Gasteiger partial charge in [-0.25, -0.2) is 0 Å². The molecule has 166 valence electrons. The Morgan fingerprint density at radius 3 is 2.41 bits per heavy atom. The summed E-state index contributed by atoms with van der Waals surface area (Å²) in [5, 5.41) is 3.94. The number of aromatic nitrogens is 1. The standard InChI is InChI=1S/C26H29N3O3/c1-20-25(21(2)32-27-20)19-31-24-12-10-23(11-13-24)26(30)29-17-15-28(16-18-29)14-6-9-22-7-4-3-5-8-22/h3-13H,14-19H2,1-2H3/b9-6+. The van der Waals surface area contributed by atoms with Crippen LogP contribution in [0.3, 0.4) is 0 Å². The van der Waals surface area contributed by atoms with Crippen molar-refractivity contribution in [3.63, 3.8) is 0 Å². The molecule has 4 rings (SSSR count). The molecule has 0 unspecified atom stereocenters. The number of carbonyl (C=O) groups excluding carboxylic acids is 1. The van der Waals surface area contributed by atoms with Crippen molar-refractivity contribution in [2.24, 2.45) is 0 Å². The van der Waals surface area contributed by atoms with Gasteiger partial charge in [-0.2, -0.15) is 0 Å². The Morgan fingerprint density at radius 2 is 1.75 bits per heavy atom. The smallest absolute Gasteiger partial charge is 0.253 e. The fraction of sp³-hybridized carbons (Fsp3) is 0.308. The number of amides is 1. The van der Waals surface area contributed by atoms with Gasteiger partial charge < -0.3 is 14.2 Å². The Morgan fingerprint density at radius 1 is 1.03 bits per heavy atom. The summed E-state index contributed by atoms with van der Waals surface area (Å²) < 4.78 is 11.0. The van der Waals surface area contributed by atoms with Gasteiger partial charge in [0.05, 0.1) is 11.3 Å². The second-order valence-electron chi connectivity index (χ2n) is 8.02. The van der Waals surface area contributed by atoms with E-state index < -0.39 is 0 Å². The molecule has 2 heterocycles. The van der Waals surface area contributed by atoms with Crippen molar-refractivity contribution in [3.8, 4) is 5.75 Å². The van der Waals surface area contributed by atoms with Gasteiger partial charge in [0.15, 0.2) is 0 Å². The highest BCUT2D eigenvalue weighted by molar-refractivity contribution is 5.94. The summed E-state index contributed by atoms with van der Waals surface area (Å²) in [5.41, 5.74) is 3.69. The van der Waals surface area contributed by atoms with E-state index in [0.717, 1.165) is 55.5 Å². The average molecular weight is 432 g/mol. The van der Waals surface area contributed by atoms with Crippen LogP contribution in [0, 0.1) is 13.8 Å². The van der Waals surface area contributed by atoms with Gasteiger partial charge in [-0.05, 0) is 43.7 Å². The second kappa shape index (κ2) is 10.3. The van der Waals surface area contributed by atoms with Crippen molar-refractivity contribution in [3.05, 3.63) is 88.8 Å². The summed E-state index contributed by atoms with van der Waals surface area (Å²) in [6, 6.07) is 17.7. The van der Waals surface area contributed by atoms with E-state index >= 15 is 0 Å². The fourth-order valence-corrected chi connectivity index (χ4v) is 3.78. The summed E-state index contributed by atoms with van der Waals surface area (Å²) in [4.78, 5) is 17.2. The first-order chi connectivity index (χ1) is 15.6. The lowest BCUT2D eigenvalue weighted by Gasteiger charge is -2.34. The molecule has 6 nitrogen and oxygen atoms in total.